The van der Waals surface area contributed by atoms with Crippen LogP contribution in [0, 0.1) is 6.92 Å². The zero-order valence-corrected chi connectivity index (χ0v) is 14.2. The molecule has 0 spiro atoms. The van der Waals surface area contributed by atoms with Gasteiger partial charge in [0.25, 0.3) is 5.91 Å². The van der Waals surface area contributed by atoms with Gasteiger partial charge in [0.2, 0.25) is 0 Å². The maximum Gasteiger partial charge on any atom is 0.336 e. The molecule has 0 aliphatic carbocycles. The van der Waals surface area contributed by atoms with Gasteiger partial charge in [-0.15, -0.1) is 0 Å². The van der Waals surface area contributed by atoms with Crippen LogP contribution in [0.4, 0.5) is 0 Å². The van der Waals surface area contributed by atoms with E-state index >= 15 is 0 Å². The number of rotatable bonds is 7. The highest BCUT2D eigenvalue weighted by atomic mass is 16.5. The van der Waals surface area contributed by atoms with E-state index in [0.717, 1.165) is 16.5 Å². The summed E-state index contributed by atoms with van der Waals surface area (Å²) >= 11 is 0. The Hall–Kier alpha value is -2.34. The molecule has 1 heterocycles. The second-order valence-electron chi connectivity index (χ2n) is 5.71. The van der Waals surface area contributed by atoms with Crippen LogP contribution in [-0.2, 0) is 11.2 Å². The molecular formula is C18H23NO5. The van der Waals surface area contributed by atoms with E-state index in [-0.39, 0.29) is 12.5 Å². The lowest BCUT2D eigenvalue weighted by molar-refractivity contribution is -0.127. The minimum absolute atomic E-state index is 0.0247. The van der Waals surface area contributed by atoms with Crippen LogP contribution in [0.1, 0.15) is 31.4 Å². The molecule has 1 aromatic carbocycles. The predicted molar refractivity (Wildman–Crippen MR) is 91.4 cm³/mol. The van der Waals surface area contributed by atoms with E-state index in [9.17, 15) is 9.59 Å². The number of aryl methyl sites for hydroxylation is 2. The van der Waals surface area contributed by atoms with E-state index in [1.807, 2.05) is 19.9 Å². The van der Waals surface area contributed by atoms with Gasteiger partial charge >= 0.3 is 5.63 Å². The van der Waals surface area contributed by atoms with Crippen LogP contribution in [0.2, 0.25) is 0 Å². The van der Waals surface area contributed by atoms with E-state index in [1.54, 1.807) is 13.0 Å². The fraction of sp³-hybridized carbons (Fsp3) is 0.444. The summed E-state index contributed by atoms with van der Waals surface area (Å²) < 4.78 is 11.1. The number of hydrogen-bond acceptors (Lipinski definition) is 5. The molecule has 2 aromatic rings. The Morgan fingerprint density at radius 3 is 2.79 bits per heavy atom. The molecule has 0 saturated heterocycles. The molecule has 0 radical (unpaired) electrons. The van der Waals surface area contributed by atoms with Gasteiger partial charge in [-0.05, 0) is 49.9 Å². The molecule has 2 N–H and O–H groups in total. The summed E-state index contributed by atoms with van der Waals surface area (Å²) in [6.07, 6.45) is 0.445. The summed E-state index contributed by atoms with van der Waals surface area (Å²) in [5.41, 5.74) is 1.76. The summed E-state index contributed by atoms with van der Waals surface area (Å²) in [5, 5.41) is 12.2. The average Bonchev–Trinajstić information content (AvgIpc) is 2.53. The topological polar surface area (TPSA) is 88.8 Å². The van der Waals surface area contributed by atoms with Gasteiger partial charge in [0.05, 0.1) is 5.39 Å². The summed E-state index contributed by atoms with van der Waals surface area (Å²) in [6, 6.07) is 5.07. The first-order chi connectivity index (χ1) is 11.5. The Kier molecular flexibility index (Phi) is 5.98. The minimum atomic E-state index is -0.703. The third-order valence-electron chi connectivity index (χ3n) is 3.72. The molecule has 1 atom stereocenters. The Bertz CT molecular complexity index is 781. The fourth-order valence-corrected chi connectivity index (χ4v) is 2.52. The lowest BCUT2D eigenvalue weighted by Gasteiger charge is -2.17. The van der Waals surface area contributed by atoms with Crippen LogP contribution in [-0.4, -0.2) is 30.3 Å². The number of hydrogen-bond donors (Lipinski definition) is 2. The Morgan fingerprint density at radius 1 is 1.38 bits per heavy atom. The van der Waals surface area contributed by atoms with Crippen LogP contribution in [0.5, 0.6) is 5.75 Å². The van der Waals surface area contributed by atoms with Crippen molar-refractivity contribution in [2.45, 2.75) is 39.7 Å². The lowest BCUT2D eigenvalue weighted by atomic mass is 10.0. The molecule has 0 aliphatic heterocycles. The molecule has 1 amide bonds. The molecule has 130 valence electrons. The van der Waals surface area contributed by atoms with Crippen LogP contribution >= 0.6 is 0 Å². The van der Waals surface area contributed by atoms with E-state index < -0.39 is 11.7 Å². The summed E-state index contributed by atoms with van der Waals surface area (Å²) in [6.45, 7) is 5.90. The van der Waals surface area contributed by atoms with Crippen molar-refractivity contribution in [1.82, 2.24) is 5.32 Å². The summed E-state index contributed by atoms with van der Waals surface area (Å²) in [5.74, 6) is 0.268. The van der Waals surface area contributed by atoms with Gasteiger partial charge in [-0.25, -0.2) is 4.79 Å². The van der Waals surface area contributed by atoms with Crippen molar-refractivity contribution < 1.29 is 19.1 Å². The standard InChI is InChI=1S/C18H23NO5/c1-4-13-10-16(21)24-15-9-11(2)8-14(17(13)15)23-12(3)18(22)19-6-5-7-20/h8-10,12,20H,4-7H2,1-3H3,(H,19,22)/t12-/m0/s1. The van der Waals surface area contributed by atoms with Gasteiger partial charge in [0.1, 0.15) is 11.3 Å². The summed E-state index contributed by atoms with van der Waals surface area (Å²) in [7, 11) is 0. The molecule has 0 saturated carbocycles. The largest absolute Gasteiger partial charge is 0.480 e. The van der Waals surface area contributed by atoms with Crippen molar-refractivity contribution in [2.24, 2.45) is 0 Å². The number of ether oxygens (including phenoxy) is 1. The quantitative estimate of drug-likeness (QED) is 0.597. The number of aliphatic hydroxyl groups is 1. The Labute approximate surface area is 140 Å². The van der Waals surface area contributed by atoms with Crippen molar-refractivity contribution in [3.63, 3.8) is 0 Å². The first kappa shape index (κ1) is 18.0. The van der Waals surface area contributed by atoms with Crippen molar-refractivity contribution in [3.05, 3.63) is 39.7 Å². The SMILES string of the molecule is CCc1cc(=O)oc2cc(C)cc(O[C@@H](C)C(=O)NCCCO)c12. The van der Waals surface area contributed by atoms with E-state index in [0.29, 0.717) is 30.7 Å². The number of amides is 1. The molecule has 2 rings (SSSR count). The molecular weight excluding hydrogens is 310 g/mol. The van der Waals surface area contributed by atoms with Gasteiger partial charge in [-0.2, -0.15) is 0 Å². The van der Waals surface area contributed by atoms with Gasteiger partial charge in [-0.1, -0.05) is 6.92 Å². The smallest absolute Gasteiger partial charge is 0.336 e. The maximum absolute atomic E-state index is 12.1. The fourth-order valence-electron chi connectivity index (χ4n) is 2.52. The number of aliphatic hydroxyl groups excluding tert-OH is 1. The average molecular weight is 333 g/mol. The van der Waals surface area contributed by atoms with E-state index in [4.69, 9.17) is 14.3 Å². The minimum Gasteiger partial charge on any atom is -0.480 e. The van der Waals surface area contributed by atoms with Crippen molar-refractivity contribution in [1.29, 1.82) is 0 Å². The highest BCUT2D eigenvalue weighted by molar-refractivity contribution is 5.88. The van der Waals surface area contributed by atoms with Crippen molar-refractivity contribution in [2.75, 3.05) is 13.2 Å². The van der Waals surface area contributed by atoms with Gasteiger partial charge in [0, 0.05) is 19.2 Å². The highest BCUT2D eigenvalue weighted by Crippen LogP contribution is 2.30. The zero-order valence-electron chi connectivity index (χ0n) is 14.2. The molecule has 24 heavy (non-hydrogen) atoms. The predicted octanol–water partition coefficient (Wildman–Crippen LogP) is 1.93. The van der Waals surface area contributed by atoms with Crippen LogP contribution < -0.4 is 15.7 Å². The summed E-state index contributed by atoms with van der Waals surface area (Å²) in [4.78, 5) is 23.7. The van der Waals surface area contributed by atoms with Crippen LogP contribution in [0.25, 0.3) is 11.0 Å². The maximum atomic E-state index is 12.1. The molecule has 0 bridgehead atoms. The zero-order chi connectivity index (χ0) is 17.7. The number of carbonyl (C=O) groups is 1. The van der Waals surface area contributed by atoms with Crippen molar-refractivity contribution in [3.8, 4) is 5.75 Å². The first-order valence-electron chi connectivity index (χ1n) is 8.08. The Morgan fingerprint density at radius 2 is 2.12 bits per heavy atom. The normalized spacial score (nSPS) is 12.2. The number of carbonyl (C=O) groups excluding carboxylic acids is 1. The van der Waals surface area contributed by atoms with Gasteiger partial charge in [-0.3, -0.25) is 4.79 Å². The van der Waals surface area contributed by atoms with Gasteiger partial charge < -0.3 is 19.6 Å². The monoisotopic (exact) mass is 333 g/mol. The van der Waals surface area contributed by atoms with Gasteiger partial charge in [0.15, 0.2) is 6.10 Å². The molecule has 1 aromatic heterocycles. The van der Waals surface area contributed by atoms with E-state index in [2.05, 4.69) is 5.32 Å². The second kappa shape index (κ2) is 7.97. The van der Waals surface area contributed by atoms with Crippen LogP contribution in [0.3, 0.4) is 0 Å². The first-order valence-corrected chi connectivity index (χ1v) is 8.08. The number of fused-ring (bicyclic) bond motifs is 1. The molecule has 0 aliphatic rings. The lowest BCUT2D eigenvalue weighted by Crippen LogP contribution is -2.37. The van der Waals surface area contributed by atoms with E-state index in [1.165, 1.54) is 6.07 Å². The third kappa shape index (κ3) is 4.14. The second-order valence-corrected chi connectivity index (χ2v) is 5.71. The third-order valence-corrected chi connectivity index (χ3v) is 3.72. The number of nitrogens with one attached hydrogen (secondary N) is 1. The molecule has 0 unspecified atom stereocenters. The Balaban J connectivity index is 2.34. The van der Waals surface area contributed by atoms with Crippen molar-refractivity contribution >= 4 is 16.9 Å². The molecule has 6 nitrogen and oxygen atoms in total. The van der Waals surface area contributed by atoms with Crippen LogP contribution in [0.15, 0.2) is 27.4 Å². The number of benzene rings is 1. The molecule has 6 heteroatoms. The molecule has 0 fully saturated rings. The highest BCUT2D eigenvalue weighted by Gasteiger charge is 2.18.